The monoisotopic (exact) mass is 315 g/mol. The molecule has 0 spiro atoms. The molecule has 0 aliphatic carbocycles. The van der Waals surface area contributed by atoms with Crippen LogP contribution >= 0.6 is 0 Å². The van der Waals surface area contributed by atoms with Gasteiger partial charge in [-0.05, 0) is 19.8 Å². The Hall–Kier alpha value is -3.15. The van der Waals surface area contributed by atoms with E-state index in [4.69, 9.17) is 9.78 Å². The number of rotatable bonds is 3. The number of nitrogens with zero attached hydrogens (tertiary/aromatic N) is 4. The lowest BCUT2D eigenvalue weighted by atomic mass is 10.2. The van der Waals surface area contributed by atoms with E-state index in [9.17, 15) is 14.4 Å². The number of nitriles is 1. The Morgan fingerprint density at radius 2 is 2.30 bits per heavy atom. The van der Waals surface area contributed by atoms with Gasteiger partial charge in [-0.15, -0.1) is 0 Å². The molecule has 9 heteroatoms. The number of hydrogen-bond donors (Lipinski definition) is 1. The summed E-state index contributed by atoms with van der Waals surface area (Å²) in [5.41, 5.74) is -0.941. The van der Waals surface area contributed by atoms with Crippen LogP contribution in [-0.4, -0.2) is 20.2 Å². The first kappa shape index (κ1) is 14.8. The minimum Gasteiger partial charge on any atom is -0.360 e. The fraction of sp³-hybridized carbons (Fsp3) is 0.357. The number of hydrogen-bond acceptors (Lipinski definition) is 6. The van der Waals surface area contributed by atoms with Crippen molar-refractivity contribution in [3.05, 3.63) is 43.9 Å². The van der Waals surface area contributed by atoms with Crippen molar-refractivity contribution in [1.82, 2.24) is 14.3 Å². The van der Waals surface area contributed by atoms with Crippen molar-refractivity contribution in [3.63, 3.8) is 0 Å². The number of aromatic nitrogens is 3. The zero-order valence-electron chi connectivity index (χ0n) is 12.3. The summed E-state index contributed by atoms with van der Waals surface area (Å²) >= 11 is 0. The Bertz CT molecular complexity index is 944. The third-order valence-corrected chi connectivity index (χ3v) is 3.64. The molecule has 1 aliphatic heterocycles. The van der Waals surface area contributed by atoms with Crippen LogP contribution in [0.4, 0.5) is 5.82 Å². The fourth-order valence-electron chi connectivity index (χ4n) is 2.64. The van der Waals surface area contributed by atoms with Crippen molar-refractivity contribution in [2.75, 3.05) is 5.32 Å². The highest BCUT2D eigenvalue weighted by molar-refractivity contribution is 5.89. The highest BCUT2D eigenvalue weighted by Crippen LogP contribution is 2.13. The van der Waals surface area contributed by atoms with Gasteiger partial charge in [0.25, 0.3) is 5.56 Å². The van der Waals surface area contributed by atoms with Crippen molar-refractivity contribution in [1.29, 1.82) is 5.26 Å². The number of anilines is 1. The van der Waals surface area contributed by atoms with Gasteiger partial charge in [-0.25, -0.2) is 9.36 Å². The van der Waals surface area contributed by atoms with E-state index in [1.54, 1.807) is 6.92 Å². The van der Waals surface area contributed by atoms with Crippen LogP contribution in [0.2, 0.25) is 0 Å². The molecule has 0 atom stereocenters. The maximum Gasteiger partial charge on any atom is 0.331 e. The lowest BCUT2D eigenvalue weighted by Crippen LogP contribution is -2.44. The van der Waals surface area contributed by atoms with Crippen LogP contribution in [0.5, 0.6) is 0 Å². The van der Waals surface area contributed by atoms with Gasteiger partial charge in [0.1, 0.15) is 23.9 Å². The molecule has 0 bridgehead atoms. The van der Waals surface area contributed by atoms with E-state index in [1.807, 2.05) is 6.07 Å². The van der Waals surface area contributed by atoms with Crippen LogP contribution in [0.1, 0.15) is 23.4 Å². The van der Waals surface area contributed by atoms with Crippen molar-refractivity contribution in [2.45, 2.75) is 32.9 Å². The maximum atomic E-state index is 12.3. The first-order valence-electron chi connectivity index (χ1n) is 7.01. The highest BCUT2D eigenvalue weighted by atomic mass is 16.5. The third-order valence-electron chi connectivity index (χ3n) is 3.64. The summed E-state index contributed by atoms with van der Waals surface area (Å²) in [5, 5.41) is 15.2. The van der Waals surface area contributed by atoms with Crippen molar-refractivity contribution >= 4 is 11.7 Å². The van der Waals surface area contributed by atoms with Gasteiger partial charge < -0.3 is 9.84 Å². The van der Waals surface area contributed by atoms with E-state index >= 15 is 0 Å². The zero-order chi connectivity index (χ0) is 16.6. The predicted octanol–water partition coefficient (Wildman–Crippen LogP) is -0.237. The quantitative estimate of drug-likeness (QED) is 0.834. The highest BCUT2D eigenvalue weighted by Gasteiger charge is 2.23. The number of nitrogens with one attached hydrogen (secondary N) is 1. The van der Waals surface area contributed by atoms with Crippen molar-refractivity contribution in [3.8, 4) is 6.07 Å². The molecule has 0 saturated carbocycles. The summed E-state index contributed by atoms with van der Waals surface area (Å²) in [6.07, 6.45) is 1.20. The van der Waals surface area contributed by atoms with Gasteiger partial charge in [0.05, 0.1) is 0 Å². The fourth-order valence-corrected chi connectivity index (χ4v) is 2.64. The maximum absolute atomic E-state index is 12.3. The molecule has 3 rings (SSSR count). The Morgan fingerprint density at radius 1 is 1.52 bits per heavy atom. The van der Waals surface area contributed by atoms with Crippen LogP contribution in [0.15, 0.2) is 20.2 Å². The standard InChI is InChI=1S/C14H13N5O4/c1-8-5-11(17-23-8)16-12(20)7-19-13(21)9(6-15)10-3-2-4-18(10)14(19)22/h5H,2-4,7H2,1H3,(H,16,17,20). The van der Waals surface area contributed by atoms with E-state index in [-0.39, 0.29) is 11.4 Å². The van der Waals surface area contributed by atoms with Gasteiger partial charge in [0.2, 0.25) is 5.91 Å². The molecule has 0 fully saturated rings. The topological polar surface area (TPSA) is 123 Å². The molecule has 1 amide bonds. The summed E-state index contributed by atoms with van der Waals surface area (Å²) in [6.45, 7) is 1.62. The Labute approximate surface area is 129 Å². The lowest BCUT2D eigenvalue weighted by Gasteiger charge is -2.10. The van der Waals surface area contributed by atoms with E-state index < -0.39 is 23.7 Å². The number of fused-ring (bicyclic) bond motifs is 1. The van der Waals surface area contributed by atoms with Crippen LogP contribution in [0, 0.1) is 18.3 Å². The molecule has 0 aromatic carbocycles. The van der Waals surface area contributed by atoms with Crippen molar-refractivity contribution < 1.29 is 9.32 Å². The van der Waals surface area contributed by atoms with E-state index in [2.05, 4.69) is 10.5 Å². The summed E-state index contributed by atoms with van der Waals surface area (Å²) in [6, 6.07) is 3.35. The molecular formula is C14H13N5O4. The molecule has 2 aromatic rings. The Balaban J connectivity index is 1.95. The summed E-state index contributed by atoms with van der Waals surface area (Å²) in [5.74, 6) is 0.115. The van der Waals surface area contributed by atoms with Crippen LogP contribution in [0.3, 0.4) is 0 Å². The SMILES string of the molecule is Cc1cc(NC(=O)Cn2c(=O)c(C#N)c3n(c2=O)CCC3)no1. The number of aryl methyl sites for hydroxylation is 1. The molecule has 1 aliphatic rings. The van der Waals surface area contributed by atoms with Crippen LogP contribution in [0.25, 0.3) is 0 Å². The van der Waals surface area contributed by atoms with Gasteiger partial charge in [-0.1, -0.05) is 5.16 Å². The van der Waals surface area contributed by atoms with Gasteiger partial charge in [-0.2, -0.15) is 5.26 Å². The minimum atomic E-state index is -0.739. The minimum absolute atomic E-state index is 0.0767. The summed E-state index contributed by atoms with van der Waals surface area (Å²) in [4.78, 5) is 36.6. The third kappa shape index (κ3) is 2.55. The number of carbonyl (C=O) groups is 1. The Morgan fingerprint density at radius 3 is 2.96 bits per heavy atom. The van der Waals surface area contributed by atoms with Gasteiger partial charge in [0.15, 0.2) is 5.82 Å². The average molecular weight is 315 g/mol. The molecule has 0 unspecified atom stereocenters. The summed E-state index contributed by atoms with van der Waals surface area (Å²) < 4.78 is 6.97. The molecule has 0 saturated heterocycles. The first-order chi connectivity index (χ1) is 11.0. The molecule has 1 N–H and O–H groups in total. The molecular weight excluding hydrogens is 302 g/mol. The summed E-state index contributed by atoms with van der Waals surface area (Å²) in [7, 11) is 0. The smallest absolute Gasteiger partial charge is 0.331 e. The van der Waals surface area contributed by atoms with E-state index in [0.717, 1.165) is 4.57 Å². The van der Waals surface area contributed by atoms with Gasteiger partial charge >= 0.3 is 5.69 Å². The first-order valence-corrected chi connectivity index (χ1v) is 7.01. The lowest BCUT2D eigenvalue weighted by molar-refractivity contribution is -0.116. The van der Waals surface area contributed by atoms with Gasteiger partial charge in [0, 0.05) is 18.3 Å². The molecule has 2 aromatic heterocycles. The van der Waals surface area contributed by atoms with Gasteiger partial charge in [-0.3, -0.25) is 14.2 Å². The second kappa shape index (κ2) is 5.57. The zero-order valence-corrected chi connectivity index (χ0v) is 12.3. The second-order valence-electron chi connectivity index (χ2n) is 5.23. The molecule has 3 heterocycles. The average Bonchev–Trinajstić information content (AvgIpc) is 3.13. The number of carbonyl (C=O) groups excluding carboxylic acids is 1. The van der Waals surface area contributed by atoms with Crippen LogP contribution < -0.4 is 16.6 Å². The molecule has 9 nitrogen and oxygen atoms in total. The normalized spacial score (nSPS) is 12.7. The largest absolute Gasteiger partial charge is 0.360 e. The molecule has 23 heavy (non-hydrogen) atoms. The second-order valence-corrected chi connectivity index (χ2v) is 5.23. The molecule has 0 radical (unpaired) electrons. The van der Waals surface area contributed by atoms with Crippen molar-refractivity contribution in [2.24, 2.45) is 0 Å². The Kier molecular flexibility index (Phi) is 3.57. The molecule has 118 valence electrons. The predicted molar refractivity (Wildman–Crippen MR) is 77.9 cm³/mol. The van der Waals surface area contributed by atoms with E-state index in [1.165, 1.54) is 10.6 Å². The van der Waals surface area contributed by atoms with E-state index in [0.29, 0.717) is 30.8 Å². The van der Waals surface area contributed by atoms with Crippen LogP contribution in [-0.2, 0) is 24.3 Å². The number of amides is 1.